The van der Waals surface area contributed by atoms with Crippen molar-refractivity contribution in [2.45, 2.75) is 31.3 Å². The van der Waals surface area contributed by atoms with Gasteiger partial charge in [-0.1, -0.05) is 0 Å². The number of amides is 3. The Bertz CT molecular complexity index is 391. The van der Waals surface area contributed by atoms with Gasteiger partial charge in [-0.2, -0.15) is 0 Å². The standard InChI is InChI=1S/C12H19N3O5/c16-10-2-1-8(6-13-10)14-12(19)15-3-4-20-7-9(15)5-11(17)18/h8-9H,1-7H2,(H,13,16)(H,14,19)(H,17,18). The Labute approximate surface area is 116 Å². The molecule has 3 N–H and O–H groups in total. The summed E-state index contributed by atoms with van der Waals surface area (Å²) in [5.41, 5.74) is 0. The molecule has 8 heteroatoms. The molecule has 8 nitrogen and oxygen atoms in total. The van der Waals surface area contributed by atoms with Gasteiger partial charge < -0.3 is 25.4 Å². The van der Waals surface area contributed by atoms with Crippen molar-refractivity contribution in [1.29, 1.82) is 0 Å². The second-order valence-electron chi connectivity index (χ2n) is 5.01. The van der Waals surface area contributed by atoms with Gasteiger partial charge >= 0.3 is 12.0 Å². The van der Waals surface area contributed by atoms with Gasteiger partial charge in [0.25, 0.3) is 0 Å². The van der Waals surface area contributed by atoms with Crippen LogP contribution in [0.5, 0.6) is 0 Å². The number of aliphatic carboxylic acids is 1. The smallest absolute Gasteiger partial charge is 0.318 e. The summed E-state index contributed by atoms with van der Waals surface area (Å²) in [5, 5.41) is 14.4. The number of ether oxygens (including phenoxy) is 1. The molecule has 2 aliphatic rings. The number of morpholine rings is 1. The quantitative estimate of drug-likeness (QED) is 0.626. The third-order valence-corrected chi connectivity index (χ3v) is 3.49. The number of rotatable bonds is 3. The van der Waals surface area contributed by atoms with Crippen LogP contribution in [0.25, 0.3) is 0 Å². The van der Waals surface area contributed by atoms with Crippen LogP contribution in [0.2, 0.25) is 0 Å². The first-order valence-corrected chi connectivity index (χ1v) is 6.69. The fourth-order valence-electron chi connectivity index (χ4n) is 2.41. The zero-order valence-electron chi connectivity index (χ0n) is 11.1. The Morgan fingerprint density at radius 3 is 2.95 bits per heavy atom. The number of urea groups is 1. The van der Waals surface area contributed by atoms with Gasteiger partial charge in [-0.15, -0.1) is 0 Å². The van der Waals surface area contributed by atoms with Crippen molar-refractivity contribution < 1.29 is 24.2 Å². The number of hydrogen-bond donors (Lipinski definition) is 3. The molecule has 2 heterocycles. The molecule has 3 amide bonds. The minimum Gasteiger partial charge on any atom is -0.481 e. The first-order valence-electron chi connectivity index (χ1n) is 6.69. The highest BCUT2D eigenvalue weighted by Crippen LogP contribution is 2.12. The molecule has 0 spiro atoms. The van der Waals surface area contributed by atoms with Crippen LogP contribution in [0.4, 0.5) is 4.79 Å². The van der Waals surface area contributed by atoms with Gasteiger partial charge in [0.05, 0.1) is 25.7 Å². The lowest BCUT2D eigenvalue weighted by Gasteiger charge is -2.36. The number of carboxylic acids is 1. The number of carbonyl (C=O) groups is 3. The van der Waals surface area contributed by atoms with Gasteiger partial charge in [-0.05, 0) is 6.42 Å². The third kappa shape index (κ3) is 3.83. The highest BCUT2D eigenvalue weighted by molar-refractivity contribution is 5.79. The average Bonchev–Trinajstić information content (AvgIpc) is 2.41. The van der Waals surface area contributed by atoms with Crippen molar-refractivity contribution >= 4 is 17.9 Å². The molecule has 2 saturated heterocycles. The van der Waals surface area contributed by atoms with Crippen molar-refractivity contribution in [3.8, 4) is 0 Å². The number of carboxylic acid groups (broad SMARTS) is 1. The molecule has 0 aliphatic carbocycles. The van der Waals surface area contributed by atoms with Gasteiger partial charge in [0.2, 0.25) is 5.91 Å². The SMILES string of the molecule is O=C(O)CC1COCCN1C(=O)NC1CCC(=O)NC1. The molecule has 2 unspecified atom stereocenters. The molecule has 20 heavy (non-hydrogen) atoms. The fourth-order valence-corrected chi connectivity index (χ4v) is 2.41. The lowest BCUT2D eigenvalue weighted by molar-refractivity contribution is -0.139. The van der Waals surface area contributed by atoms with Gasteiger partial charge in [-0.3, -0.25) is 9.59 Å². The summed E-state index contributed by atoms with van der Waals surface area (Å²) in [4.78, 5) is 35.6. The van der Waals surface area contributed by atoms with E-state index in [1.165, 1.54) is 4.90 Å². The molecule has 112 valence electrons. The molecule has 2 aliphatic heterocycles. The molecule has 2 fully saturated rings. The van der Waals surface area contributed by atoms with Crippen LogP contribution in [0.3, 0.4) is 0 Å². The number of nitrogens with zero attached hydrogens (tertiary/aromatic N) is 1. The Morgan fingerprint density at radius 2 is 2.30 bits per heavy atom. The van der Waals surface area contributed by atoms with E-state index in [-0.39, 0.29) is 31.0 Å². The predicted octanol–water partition coefficient (Wildman–Crippen LogP) is -0.850. The molecule has 0 aromatic heterocycles. The highest BCUT2D eigenvalue weighted by Gasteiger charge is 2.30. The van der Waals surface area contributed by atoms with Crippen LogP contribution in [-0.4, -0.2) is 66.3 Å². The Hall–Kier alpha value is -1.83. The normalized spacial score (nSPS) is 26.8. The molecule has 0 aromatic rings. The Morgan fingerprint density at radius 1 is 1.50 bits per heavy atom. The van der Waals surface area contributed by atoms with Gasteiger partial charge in [0, 0.05) is 25.6 Å². The van der Waals surface area contributed by atoms with E-state index >= 15 is 0 Å². The lowest BCUT2D eigenvalue weighted by atomic mass is 10.1. The maximum Gasteiger partial charge on any atom is 0.318 e. The molecule has 0 aromatic carbocycles. The molecular weight excluding hydrogens is 266 g/mol. The largest absolute Gasteiger partial charge is 0.481 e. The first-order chi connectivity index (χ1) is 9.56. The fraction of sp³-hybridized carbons (Fsp3) is 0.750. The number of hydrogen-bond acceptors (Lipinski definition) is 4. The van der Waals surface area contributed by atoms with E-state index in [0.29, 0.717) is 32.5 Å². The van der Waals surface area contributed by atoms with Crippen LogP contribution in [0, 0.1) is 0 Å². The zero-order valence-corrected chi connectivity index (χ0v) is 11.1. The molecule has 2 atom stereocenters. The Kier molecular flexibility index (Phi) is 4.78. The van der Waals surface area contributed by atoms with Crippen LogP contribution >= 0.6 is 0 Å². The van der Waals surface area contributed by atoms with E-state index in [4.69, 9.17) is 9.84 Å². The van der Waals surface area contributed by atoms with E-state index in [9.17, 15) is 14.4 Å². The second kappa shape index (κ2) is 6.56. The van der Waals surface area contributed by atoms with E-state index in [1.807, 2.05) is 0 Å². The maximum atomic E-state index is 12.2. The topological polar surface area (TPSA) is 108 Å². The number of carbonyl (C=O) groups excluding carboxylic acids is 2. The summed E-state index contributed by atoms with van der Waals surface area (Å²) >= 11 is 0. The minimum atomic E-state index is -0.955. The van der Waals surface area contributed by atoms with Crippen molar-refractivity contribution in [3.05, 3.63) is 0 Å². The molecule has 0 saturated carbocycles. The zero-order chi connectivity index (χ0) is 14.5. The summed E-state index contributed by atoms with van der Waals surface area (Å²) in [6, 6.07) is -0.839. The van der Waals surface area contributed by atoms with Gasteiger partial charge in [0.15, 0.2) is 0 Å². The number of piperidine rings is 1. The summed E-state index contributed by atoms with van der Waals surface area (Å²) < 4.78 is 5.23. The lowest BCUT2D eigenvalue weighted by Crippen LogP contribution is -2.57. The first kappa shape index (κ1) is 14.6. The van der Waals surface area contributed by atoms with E-state index in [0.717, 1.165) is 0 Å². The molecule has 2 rings (SSSR count). The van der Waals surface area contributed by atoms with Crippen LogP contribution < -0.4 is 10.6 Å². The number of nitrogens with one attached hydrogen (secondary N) is 2. The van der Waals surface area contributed by atoms with Crippen molar-refractivity contribution in [1.82, 2.24) is 15.5 Å². The van der Waals surface area contributed by atoms with Crippen molar-refractivity contribution in [2.75, 3.05) is 26.3 Å². The van der Waals surface area contributed by atoms with Crippen molar-refractivity contribution in [3.63, 3.8) is 0 Å². The minimum absolute atomic E-state index is 0.00868. The molecule has 0 radical (unpaired) electrons. The summed E-state index contributed by atoms with van der Waals surface area (Å²) in [5.74, 6) is -0.964. The van der Waals surface area contributed by atoms with Gasteiger partial charge in [0.1, 0.15) is 0 Å². The molecular formula is C12H19N3O5. The summed E-state index contributed by atoms with van der Waals surface area (Å²) in [6.45, 7) is 1.44. The van der Waals surface area contributed by atoms with Crippen LogP contribution in [-0.2, 0) is 14.3 Å². The van der Waals surface area contributed by atoms with Crippen molar-refractivity contribution in [2.24, 2.45) is 0 Å². The Balaban J connectivity index is 1.88. The summed E-state index contributed by atoms with van der Waals surface area (Å²) in [7, 11) is 0. The highest BCUT2D eigenvalue weighted by atomic mass is 16.5. The third-order valence-electron chi connectivity index (χ3n) is 3.49. The maximum absolute atomic E-state index is 12.2. The van der Waals surface area contributed by atoms with E-state index in [1.54, 1.807) is 0 Å². The predicted molar refractivity (Wildman–Crippen MR) is 68.1 cm³/mol. The monoisotopic (exact) mass is 285 g/mol. The van der Waals surface area contributed by atoms with Gasteiger partial charge in [-0.25, -0.2) is 4.79 Å². The van der Waals surface area contributed by atoms with Crippen LogP contribution in [0.1, 0.15) is 19.3 Å². The van der Waals surface area contributed by atoms with E-state index in [2.05, 4.69) is 10.6 Å². The average molecular weight is 285 g/mol. The second-order valence-corrected chi connectivity index (χ2v) is 5.01. The summed E-state index contributed by atoms with van der Waals surface area (Å²) in [6.07, 6.45) is 0.868. The van der Waals surface area contributed by atoms with E-state index < -0.39 is 12.0 Å². The van der Waals surface area contributed by atoms with Crippen LogP contribution in [0.15, 0.2) is 0 Å². The molecule has 0 bridgehead atoms.